The summed E-state index contributed by atoms with van der Waals surface area (Å²) in [5.41, 5.74) is 2.20. The fraction of sp³-hybridized carbons (Fsp3) is 0.583. The van der Waals surface area contributed by atoms with E-state index in [0.29, 0.717) is 25.1 Å². The number of nitrogens with one attached hydrogen (secondary N) is 3. The highest BCUT2D eigenvalue weighted by atomic mass is 16.4. The van der Waals surface area contributed by atoms with Gasteiger partial charge < -0.3 is 15.7 Å². The van der Waals surface area contributed by atoms with Crippen molar-refractivity contribution >= 4 is 17.7 Å². The largest absolute Gasteiger partial charge is 0.481 e. The fourth-order valence-corrected chi connectivity index (χ4v) is 1.63. The molecule has 1 heterocycles. The minimum Gasteiger partial charge on any atom is -0.481 e. The number of carboxylic acid groups (broad SMARTS) is 1. The summed E-state index contributed by atoms with van der Waals surface area (Å²) in [5.74, 6) is -1.20. The number of aromatic amines is 1. The minimum atomic E-state index is -0.811. The van der Waals surface area contributed by atoms with Gasteiger partial charge >= 0.3 is 12.0 Å². The lowest BCUT2D eigenvalue weighted by Gasteiger charge is -2.09. The van der Waals surface area contributed by atoms with Crippen LogP contribution in [0.25, 0.3) is 0 Å². The number of hydrogen-bond acceptors (Lipinski definition) is 3. The standard InChI is InChI=1S/C12H20N4O3/c1-7(11(17)18)5-4-6-13-12(19)14-10-8(2)15-16-9(10)3/h7H,4-6H2,1-3H3,(H,15,16)(H,17,18)(H2,13,14,19). The minimum absolute atomic E-state index is 0.310. The monoisotopic (exact) mass is 268 g/mol. The molecule has 0 aromatic carbocycles. The van der Waals surface area contributed by atoms with E-state index < -0.39 is 5.97 Å². The number of aliphatic carboxylic acids is 1. The lowest BCUT2D eigenvalue weighted by atomic mass is 10.1. The third kappa shape index (κ3) is 4.61. The van der Waals surface area contributed by atoms with Gasteiger partial charge in [-0.05, 0) is 26.7 Å². The van der Waals surface area contributed by atoms with E-state index in [4.69, 9.17) is 5.11 Å². The molecule has 0 saturated heterocycles. The number of H-pyrrole nitrogens is 1. The molecule has 1 atom stereocenters. The first-order valence-electron chi connectivity index (χ1n) is 6.21. The summed E-state index contributed by atoms with van der Waals surface area (Å²) in [4.78, 5) is 22.2. The second-order valence-corrected chi connectivity index (χ2v) is 4.57. The van der Waals surface area contributed by atoms with E-state index in [1.807, 2.05) is 6.92 Å². The third-order valence-corrected chi connectivity index (χ3v) is 2.89. The number of aryl methyl sites for hydroxylation is 2. The van der Waals surface area contributed by atoms with Crippen LogP contribution in [0.2, 0.25) is 0 Å². The van der Waals surface area contributed by atoms with Crippen LogP contribution in [-0.4, -0.2) is 33.8 Å². The molecule has 0 aliphatic rings. The number of amides is 2. The van der Waals surface area contributed by atoms with Gasteiger partial charge in [-0.25, -0.2) is 4.79 Å². The van der Waals surface area contributed by atoms with Crippen LogP contribution in [0.5, 0.6) is 0 Å². The maximum atomic E-state index is 11.6. The first kappa shape index (κ1) is 15.0. The smallest absolute Gasteiger partial charge is 0.319 e. The van der Waals surface area contributed by atoms with Gasteiger partial charge in [0.05, 0.1) is 23.0 Å². The number of carbonyl (C=O) groups excluding carboxylic acids is 1. The molecule has 7 heteroatoms. The van der Waals surface area contributed by atoms with Gasteiger partial charge in [0.1, 0.15) is 0 Å². The maximum absolute atomic E-state index is 11.6. The molecule has 7 nitrogen and oxygen atoms in total. The van der Waals surface area contributed by atoms with E-state index in [0.717, 1.165) is 11.4 Å². The second-order valence-electron chi connectivity index (χ2n) is 4.57. The Balaban J connectivity index is 2.27. The molecule has 4 N–H and O–H groups in total. The topological polar surface area (TPSA) is 107 Å². The van der Waals surface area contributed by atoms with Crippen molar-refractivity contribution in [2.75, 3.05) is 11.9 Å². The zero-order valence-corrected chi connectivity index (χ0v) is 11.4. The van der Waals surface area contributed by atoms with Crippen LogP contribution in [0.1, 0.15) is 31.2 Å². The highest BCUT2D eigenvalue weighted by molar-refractivity contribution is 5.90. The number of hydrogen-bond donors (Lipinski definition) is 4. The lowest BCUT2D eigenvalue weighted by Crippen LogP contribution is -2.30. The molecular formula is C12H20N4O3. The molecule has 2 amide bonds. The zero-order chi connectivity index (χ0) is 14.4. The molecule has 1 unspecified atom stereocenters. The Bertz CT molecular complexity index is 436. The van der Waals surface area contributed by atoms with E-state index in [1.54, 1.807) is 13.8 Å². The van der Waals surface area contributed by atoms with Crippen LogP contribution in [0.3, 0.4) is 0 Å². The summed E-state index contributed by atoms with van der Waals surface area (Å²) in [6, 6.07) is -0.310. The van der Waals surface area contributed by atoms with Gasteiger partial charge in [-0.2, -0.15) is 5.10 Å². The highest BCUT2D eigenvalue weighted by Gasteiger charge is 2.11. The van der Waals surface area contributed by atoms with Crippen molar-refractivity contribution in [3.05, 3.63) is 11.4 Å². The molecule has 0 fully saturated rings. The average molecular weight is 268 g/mol. The molecule has 1 rings (SSSR count). The number of rotatable bonds is 6. The lowest BCUT2D eigenvalue weighted by molar-refractivity contribution is -0.141. The van der Waals surface area contributed by atoms with E-state index in [-0.39, 0.29) is 11.9 Å². The van der Waals surface area contributed by atoms with E-state index in [9.17, 15) is 9.59 Å². The van der Waals surface area contributed by atoms with Crippen molar-refractivity contribution in [3.8, 4) is 0 Å². The van der Waals surface area contributed by atoms with E-state index in [2.05, 4.69) is 20.8 Å². The van der Waals surface area contributed by atoms with Gasteiger partial charge in [0, 0.05) is 6.54 Å². The molecule has 0 spiro atoms. The third-order valence-electron chi connectivity index (χ3n) is 2.89. The zero-order valence-electron chi connectivity index (χ0n) is 11.4. The summed E-state index contributed by atoms with van der Waals surface area (Å²) in [6.07, 6.45) is 1.17. The average Bonchev–Trinajstić information content (AvgIpc) is 2.66. The first-order chi connectivity index (χ1) is 8.91. The summed E-state index contributed by atoms with van der Waals surface area (Å²) in [5, 5.41) is 20.9. The molecule has 1 aromatic rings. The van der Waals surface area contributed by atoms with Crippen LogP contribution < -0.4 is 10.6 Å². The van der Waals surface area contributed by atoms with Crippen molar-refractivity contribution in [1.82, 2.24) is 15.5 Å². The molecule has 0 saturated carbocycles. The van der Waals surface area contributed by atoms with Crippen molar-refractivity contribution in [1.29, 1.82) is 0 Å². The van der Waals surface area contributed by atoms with Crippen molar-refractivity contribution in [2.45, 2.75) is 33.6 Å². The van der Waals surface area contributed by atoms with E-state index >= 15 is 0 Å². The quantitative estimate of drug-likeness (QED) is 0.588. The Labute approximate surface area is 111 Å². The molecule has 106 valence electrons. The van der Waals surface area contributed by atoms with Crippen LogP contribution >= 0.6 is 0 Å². The van der Waals surface area contributed by atoms with E-state index in [1.165, 1.54) is 0 Å². The molecule has 0 aliphatic heterocycles. The summed E-state index contributed by atoms with van der Waals surface area (Å²) in [6.45, 7) is 5.72. The van der Waals surface area contributed by atoms with Crippen LogP contribution in [0.15, 0.2) is 0 Å². The second kappa shape index (κ2) is 6.77. The highest BCUT2D eigenvalue weighted by Crippen LogP contribution is 2.15. The summed E-state index contributed by atoms with van der Waals surface area (Å²) in [7, 11) is 0. The number of urea groups is 1. The van der Waals surface area contributed by atoms with Gasteiger partial charge in [0.15, 0.2) is 0 Å². The van der Waals surface area contributed by atoms with Gasteiger partial charge in [-0.3, -0.25) is 9.89 Å². The van der Waals surface area contributed by atoms with Gasteiger partial charge in [-0.15, -0.1) is 0 Å². The van der Waals surface area contributed by atoms with Gasteiger partial charge in [-0.1, -0.05) is 6.92 Å². The molecule has 0 aliphatic carbocycles. The van der Waals surface area contributed by atoms with Gasteiger partial charge in [0.25, 0.3) is 0 Å². The van der Waals surface area contributed by atoms with Crippen molar-refractivity contribution < 1.29 is 14.7 Å². The number of anilines is 1. The molecular weight excluding hydrogens is 248 g/mol. The Morgan fingerprint density at radius 2 is 2.11 bits per heavy atom. The molecule has 0 bridgehead atoms. The van der Waals surface area contributed by atoms with Crippen LogP contribution in [0, 0.1) is 19.8 Å². The van der Waals surface area contributed by atoms with Crippen LogP contribution in [0.4, 0.5) is 10.5 Å². The SMILES string of the molecule is Cc1n[nH]c(C)c1NC(=O)NCCCC(C)C(=O)O. The Hall–Kier alpha value is -2.05. The summed E-state index contributed by atoms with van der Waals surface area (Å²) >= 11 is 0. The van der Waals surface area contributed by atoms with Crippen LogP contribution in [-0.2, 0) is 4.79 Å². The number of carboxylic acids is 1. The first-order valence-corrected chi connectivity index (χ1v) is 6.21. The fourth-order valence-electron chi connectivity index (χ4n) is 1.63. The number of carbonyl (C=O) groups is 2. The summed E-state index contributed by atoms with van der Waals surface area (Å²) < 4.78 is 0. The predicted molar refractivity (Wildman–Crippen MR) is 71.1 cm³/mol. The number of aromatic nitrogens is 2. The number of nitrogens with zero attached hydrogens (tertiary/aromatic N) is 1. The Morgan fingerprint density at radius 3 is 2.63 bits per heavy atom. The Kier molecular flexibility index (Phi) is 5.35. The molecule has 1 aromatic heterocycles. The Morgan fingerprint density at radius 1 is 1.42 bits per heavy atom. The predicted octanol–water partition coefficient (Wildman–Crippen LogP) is 1.65. The molecule has 19 heavy (non-hydrogen) atoms. The van der Waals surface area contributed by atoms with Crippen molar-refractivity contribution in [2.24, 2.45) is 5.92 Å². The van der Waals surface area contributed by atoms with Gasteiger partial charge in [0.2, 0.25) is 0 Å². The molecule has 0 radical (unpaired) electrons. The maximum Gasteiger partial charge on any atom is 0.319 e. The normalized spacial score (nSPS) is 11.9. The van der Waals surface area contributed by atoms with Crippen molar-refractivity contribution in [3.63, 3.8) is 0 Å².